The van der Waals surface area contributed by atoms with Crippen molar-refractivity contribution < 1.29 is 12.4 Å². The van der Waals surface area contributed by atoms with Crippen LogP contribution in [0.15, 0.2) is 55.0 Å². The van der Waals surface area contributed by atoms with E-state index < -0.39 is 0 Å². The van der Waals surface area contributed by atoms with Crippen molar-refractivity contribution >= 4 is 11.6 Å². The normalized spacial score (nSPS) is 10.2. The molecule has 6 heteroatoms. The van der Waals surface area contributed by atoms with Crippen molar-refractivity contribution in [2.75, 3.05) is 12.4 Å². The molecule has 6 nitrogen and oxygen atoms in total. The molecule has 3 rings (SSSR count). The number of carbonyl (C=O) groups is 1. The second kappa shape index (κ2) is 6.87. The van der Waals surface area contributed by atoms with Crippen molar-refractivity contribution in [2.24, 2.45) is 0 Å². The van der Waals surface area contributed by atoms with Crippen LogP contribution in [0.5, 0.6) is 5.75 Å². The number of benzene rings is 1. The number of hydrogen-bond acceptors (Lipinski definition) is 5. The molecule has 0 atom stereocenters. The zero-order valence-electron chi connectivity index (χ0n) is 13.4. The fraction of sp³-hybridized carbons (Fsp3) is 0.111. The van der Waals surface area contributed by atoms with Gasteiger partial charge in [0.2, 0.25) is 0 Å². The quantitative estimate of drug-likeness (QED) is 0.793. The molecule has 0 saturated carbocycles. The van der Waals surface area contributed by atoms with Crippen LogP contribution in [0.25, 0.3) is 11.3 Å². The maximum atomic E-state index is 12.5. The number of amides is 1. The number of pyridine rings is 1. The average molecular weight is 324 g/mol. The van der Waals surface area contributed by atoms with Gasteiger partial charge >= 0.3 is 0 Å². The number of anilines is 1. The van der Waals surface area contributed by atoms with Gasteiger partial charge < -0.3 is 10.1 Å². The Balaban J connectivity index is 0.00000169. The number of carbonyl (C=O) groups excluding carboxylic acids is 1. The number of aromatic nitrogens is 3. The van der Waals surface area contributed by atoms with Crippen molar-refractivity contribution in [3.05, 3.63) is 66.4 Å². The van der Waals surface area contributed by atoms with E-state index in [1.165, 1.54) is 0 Å². The molecule has 124 valence electrons. The predicted octanol–water partition coefficient (Wildman–Crippen LogP) is 3.60. The highest BCUT2D eigenvalue weighted by atomic mass is 16.5. The third-order valence-electron chi connectivity index (χ3n) is 3.48. The van der Waals surface area contributed by atoms with Gasteiger partial charge in [0, 0.05) is 26.5 Å². The fourth-order valence-corrected chi connectivity index (χ4v) is 2.18. The van der Waals surface area contributed by atoms with Gasteiger partial charge in [0.25, 0.3) is 5.91 Å². The first-order chi connectivity index (χ1) is 11.7. The van der Waals surface area contributed by atoms with E-state index in [1.807, 2.05) is 12.1 Å². The third-order valence-corrected chi connectivity index (χ3v) is 3.48. The molecule has 24 heavy (non-hydrogen) atoms. The Hall–Kier alpha value is -3.28. The summed E-state index contributed by atoms with van der Waals surface area (Å²) in [5.41, 5.74) is 2.92. The molecule has 2 aromatic heterocycles. The minimum Gasteiger partial charge on any atom is -0.497 e. The van der Waals surface area contributed by atoms with E-state index in [0.717, 1.165) is 11.3 Å². The second-order valence-corrected chi connectivity index (χ2v) is 5.11. The van der Waals surface area contributed by atoms with Crippen molar-refractivity contribution in [1.29, 1.82) is 0 Å². The Morgan fingerprint density at radius 2 is 1.96 bits per heavy atom. The first kappa shape index (κ1) is 15.6. The van der Waals surface area contributed by atoms with Crippen LogP contribution in [0.2, 0.25) is 0 Å². The van der Waals surface area contributed by atoms with Crippen LogP contribution in [0.3, 0.4) is 0 Å². The zero-order chi connectivity index (χ0) is 16.9. The van der Waals surface area contributed by atoms with Gasteiger partial charge in [0.1, 0.15) is 11.4 Å². The Labute approximate surface area is 142 Å². The summed E-state index contributed by atoms with van der Waals surface area (Å²) in [4.78, 5) is 25.3. The number of nitrogens with one attached hydrogen (secondary N) is 1. The predicted molar refractivity (Wildman–Crippen MR) is 95.2 cm³/mol. The van der Waals surface area contributed by atoms with Gasteiger partial charge in [0.15, 0.2) is 0 Å². The molecule has 2 heterocycles. The van der Waals surface area contributed by atoms with E-state index in [2.05, 4.69) is 20.3 Å². The van der Waals surface area contributed by atoms with E-state index in [9.17, 15) is 4.79 Å². The second-order valence-electron chi connectivity index (χ2n) is 5.11. The largest absolute Gasteiger partial charge is 0.497 e. The molecule has 0 spiro atoms. The molecular formula is C18H20N4O2. The summed E-state index contributed by atoms with van der Waals surface area (Å²) < 4.78 is 5.10. The molecule has 0 saturated heterocycles. The molecule has 1 N–H and O–H groups in total. The van der Waals surface area contributed by atoms with Gasteiger partial charge in [0.05, 0.1) is 24.7 Å². The van der Waals surface area contributed by atoms with E-state index in [-0.39, 0.29) is 14.5 Å². The molecular weight excluding hydrogens is 304 g/mol. The molecule has 0 unspecified atom stereocenters. The summed E-state index contributed by atoms with van der Waals surface area (Å²) in [6, 6.07) is 10.8. The molecule has 0 aliphatic heterocycles. The first-order valence-electron chi connectivity index (χ1n) is 7.37. The Bertz CT molecular complexity index is 859. The van der Waals surface area contributed by atoms with Gasteiger partial charge in [-0.25, -0.2) is 4.98 Å². The molecule has 0 bridgehead atoms. The van der Waals surface area contributed by atoms with Crippen LogP contribution in [0, 0.1) is 6.92 Å². The number of nitrogens with zero attached hydrogens (tertiary/aromatic N) is 3. The van der Waals surface area contributed by atoms with Gasteiger partial charge in [-0.1, -0.05) is 0 Å². The van der Waals surface area contributed by atoms with E-state index in [0.29, 0.717) is 17.1 Å². The van der Waals surface area contributed by atoms with E-state index in [4.69, 9.17) is 4.74 Å². The Morgan fingerprint density at radius 3 is 2.62 bits per heavy atom. The molecule has 0 radical (unpaired) electrons. The number of methoxy groups -OCH3 is 1. The molecule has 3 aromatic rings. The van der Waals surface area contributed by atoms with Crippen LogP contribution < -0.4 is 10.1 Å². The van der Waals surface area contributed by atoms with Crippen LogP contribution in [-0.2, 0) is 0 Å². The highest BCUT2D eigenvalue weighted by molar-refractivity contribution is 6.03. The van der Waals surface area contributed by atoms with E-state index in [1.54, 1.807) is 56.9 Å². The summed E-state index contributed by atoms with van der Waals surface area (Å²) in [5.74, 6) is 0.415. The molecule has 0 aliphatic carbocycles. The van der Waals surface area contributed by atoms with Crippen LogP contribution in [0.4, 0.5) is 5.69 Å². The minimum atomic E-state index is -0.309. The van der Waals surface area contributed by atoms with Crippen LogP contribution >= 0.6 is 0 Å². The summed E-state index contributed by atoms with van der Waals surface area (Å²) in [6.07, 6.45) is 5.00. The third kappa shape index (κ3) is 3.38. The fourth-order valence-electron chi connectivity index (χ4n) is 2.18. The maximum absolute atomic E-state index is 12.5. The van der Waals surface area contributed by atoms with Gasteiger partial charge in [-0.05, 0) is 43.3 Å². The molecule has 1 amide bonds. The average Bonchev–Trinajstić information content (AvgIpc) is 2.63. The Morgan fingerprint density at radius 1 is 1.17 bits per heavy atom. The van der Waals surface area contributed by atoms with Gasteiger partial charge in [-0.2, -0.15) is 0 Å². The summed E-state index contributed by atoms with van der Waals surface area (Å²) >= 11 is 0. The summed E-state index contributed by atoms with van der Waals surface area (Å²) in [7, 11) is 1.59. The molecule has 0 aliphatic rings. The lowest BCUT2D eigenvalue weighted by Crippen LogP contribution is -2.16. The van der Waals surface area contributed by atoms with Crippen LogP contribution in [0.1, 0.15) is 19.0 Å². The first-order valence-corrected chi connectivity index (χ1v) is 7.37. The standard InChI is InChI=1S/C18H16N4O2.2H2/c1-12-17(18(23)21-14-5-7-15(24-2)8-6-14)22-16(11-20-12)13-4-3-9-19-10-13;;/h3-11H,1-2H3,(H,21,23);2*1H. The van der Waals surface area contributed by atoms with Crippen molar-refractivity contribution in [3.8, 4) is 17.0 Å². The monoisotopic (exact) mass is 324 g/mol. The number of rotatable bonds is 4. The number of hydrogen-bond donors (Lipinski definition) is 1. The van der Waals surface area contributed by atoms with Crippen molar-refractivity contribution in [1.82, 2.24) is 15.0 Å². The minimum absolute atomic E-state index is 0. The summed E-state index contributed by atoms with van der Waals surface area (Å²) in [5, 5.41) is 2.82. The van der Waals surface area contributed by atoms with Crippen molar-refractivity contribution in [2.45, 2.75) is 6.92 Å². The molecule has 0 fully saturated rings. The van der Waals surface area contributed by atoms with Crippen LogP contribution in [-0.4, -0.2) is 28.0 Å². The number of aryl methyl sites for hydroxylation is 1. The summed E-state index contributed by atoms with van der Waals surface area (Å²) in [6.45, 7) is 1.75. The number of ether oxygens (including phenoxy) is 1. The lowest BCUT2D eigenvalue weighted by Gasteiger charge is -2.09. The van der Waals surface area contributed by atoms with Gasteiger partial charge in [-0.15, -0.1) is 0 Å². The lowest BCUT2D eigenvalue weighted by atomic mass is 10.2. The lowest BCUT2D eigenvalue weighted by molar-refractivity contribution is 0.102. The topological polar surface area (TPSA) is 77.0 Å². The SMILES string of the molecule is COc1ccc(NC(=O)c2nc(-c3cccnc3)cnc2C)cc1.[HH].[HH]. The highest BCUT2D eigenvalue weighted by Gasteiger charge is 2.14. The van der Waals surface area contributed by atoms with E-state index >= 15 is 0 Å². The highest BCUT2D eigenvalue weighted by Crippen LogP contribution is 2.18. The van der Waals surface area contributed by atoms with Gasteiger partial charge in [-0.3, -0.25) is 14.8 Å². The zero-order valence-corrected chi connectivity index (χ0v) is 13.4. The molecule has 1 aromatic carbocycles. The maximum Gasteiger partial charge on any atom is 0.276 e. The van der Waals surface area contributed by atoms with Crippen molar-refractivity contribution in [3.63, 3.8) is 0 Å². The smallest absolute Gasteiger partial charge is 0.276 e. The Kier molecular flexibility index (Phi) is 4.47.